The van der Waals surface area contributed by atoms with Gasteiger partial charge in [-0.25, -0.2) is 18.4 Å². The molecule has 2 aliphatic rings. The lowest BCUT2D eigenvalue weighted by molar-refractivity contribution is -0.124. The smallest absolute Gasteiger partial charge is 0.258 e. The maximum atomic E-state index is 13.9. The van der Waals surface area contributed by atoms with E-state index in [0.717, 1.165) is 33.3 Å². The van der Waals surface area contributed by atoms with Crippen LogP contribution in [0.3, 0.4) is 0 Å². The van der Waals surface area contributed by atoms with Gasteiger partial charge in [0.25, 0.3) is 5.91 Å². The second-order valence-corrected chi connectivity index (χ2v) is 13.9. The van der Waals surface area contributed by atoms with Crippen molar-refractivity contribution < 1.29 is 23.1 Å². The van der Waals surface area contributed by atoms with Crippen molar-refractivity contribution in [2.45, 2.75) is 52.7 Å². The van der Waals surface area contributed by atoms with Gasteiger partial charge in [0, 0.05) is 30.6 Å². The normalized spacial score (nSPS) is 16.2. The third-order valence-electron chi connectivity index (χ3n) is 7.86. The molecule has 5 rings (SSSR count). The monoisotopic (exact) mass is 632 g/mol. The minimum absolute atomic E-state index is 0.0164. The van der Waals surface area contributed by atoms with E-state index in [1.165, 1.54) is 4.31 Å². The summed E-state index contributed by atoms with van der Waals surface area (Å²) in [4.78, 5) is 25.1. The van der Waals surface area contributed by atoms with Gasteiger partial charge in [0.1, 0.15) is 11.6 Å². The van der Waals surface area contributed by atoms with E-state index >= 15 is 0 Å². The quantitative estimate of drug-likeness (QED) is 0.224. The van der Waals surface area contributed by atoms with Crippen LogP contribution >= 0.6 is 0 Å². The van der Waals surface area contributed by atoms with Crippen LogP contribution in [0.5, 0.6) is 5.75 Å². The van der Waals surface area contributed by atoms with Crippen molar-refractivity contribution >= 4 is 32.7 Å². The largest absolute Gasteiger partial charge is 0.483 e. The summed E-state index contributed by atoms with van der Waals surface area (Å²) in [6, 6.07) is 10.6. The molecule has 2 atom stereocenters. The number of carbonyl (C=O) groups is 1. The zero-order chi connectivity index (χ0) is 32.3. The molecule has 0 fully saturated rings. The van der Waals surface area contributed by atoms with Crippen molar-refractivity contribution in [2.24, 2.45) is 16.6 Å². The Morgan fingerprint density at radius 1 is 1.18 bits per heavy atom. The second kappa shape index (κ2) is 13.4. The van der Waals surface area contributed by atoms with Gasteiger partial charge in [0.05, 0.1) is 40.1 Å². The van der Waals surface area contributed by atoms with Crippen molar-refractivity contribution in [3.8, 4) is 5.75 Å². The summed E-state index contributed by atoms with van der Waals surface area (Å²) in [7, 11) is -3.98. The predicted octanol–water partition coefficient (Wildman–Crippen LogP) is 3.40. The van der Waals surface area contributed by atoms with Crippen LogP contribution in [0.4, 0.5) is 0 Å². The fourth-order valence-corrected chi connectivity index (χ4v) is 7.44. The molecule has 0 radical (unpaired) electrons. The summed E-state index contributed by atoms with van der Waals surface area (Å²) in [6.45, 7) is 7.30. The first-order valence-corrected chi connectivity index (χ1v) is 16.4. The average Bonchev–Trinajstić information content (AvgIpc) is 3.61. The highest BCUT2D eigenvalue weighted by atomic mass is 32.2. The highest BCUT2D eigenvalue weighted by molar-refractivity contribution is 7.93. The fourth-order valence-electron chi connectivity index (χ4n) is 5.70. The molecule has 3 aromatic rings. The van der Waals surface area contributed by atoms with Gasteiger partial charge >= 0.3 is 0 Å². The van der Waals surface area contributed by atoms with Gasteiger partial charge in [-0.1, -0.05) is 50.3 Å². The SMILES string of the molecule is Cc1cc2[nH]cnc2c(C)c1OCC(=O)NC(Cc1ccccc1)C(O)CN(CC(C)C)S(=O)(=O)C1=CC=C2C=C(N)N=C2C1. The van der Waals surface area contributed by atoms with E-state index in [-0.39, 0.29) is 43.4 Å². The molecule has 0 saturated carbocycles. The third-order valence-corrected chi connectivity index (χ3v) is 9.78. The number of nitrogens with zero attached hydrogens (tertiary/aromatic N) is 3. The number of aliphatic imine (C=N–C) groups is 1. The molecular weight excluding hydrogens is 592 g/mol. The van der Waals surface area contributed by atoms with Crippen molar-refractivity contribution in [2.75, 3.05) is 19.7 Å². The number of rotatable bonds is 13. The Morgan fingerprint density at radius 3 is 2.67 bits per heavy atom. The highest BCUT2D eigenvalue weighted by Gasteiger charge is 2.34. The maximum Gasteiger partial charge on any atom is 0.258 e. The van der Waals surface area contributed by atoms with Crippen LogP contribution < -0.4 is 15.8 Å². The molecule has 2 unspecified atom stereocenters. The summed E-state index contributed by atoms with van der Waals surface area (Å²) >= 11 is 0. The summed E-state index contributed by atoms with van der Waals surface area (Å²) in [5.74, 6) is 0.456. The first-order chi connectivity index (χ1) is 21.4. The lowest BCUT2D eigenvalue weighted by Gasteiger charge is -2.31. The summed E-state index contributed by atoms with van der Waals surface area (Å²) in [5, 5.41) is 14.5. The number of fused-ring (bicyclic) bond motifs is 2. The van der Waals surface area contributed by atoms with Crippen LogP contribution in [0.2, 0.25) is 0 Å². The number of H-pyrrole nitrogens is 1. The lowest BCUT2D eigenvalue weighted by Crippen LogP contribution is -2.52. The lowest BCUT2D eigenvalue weighted by atomic mass is 10.0. The summed E-state index contributed by atoms with van der Waals surface area (Å²) in [5.41, 5.74) is 11.4. The Balaban J connectivity index is 1.33. The number of allylic oxidation sites excluding steroid dienone is 5. The van der Waals surface area contributed by atoms with E-state index in [1.54, 1.807) is 24.6 Å². The molecule has 1 aliphatic carbocycles. The van der Waals surface area contributed by atoms with Crippen LogP contribution in [0, 0.1) is 19.8 Å². The van der Waals surface area contributed by atoms with Gasteiger partial charge < -0.3 is 25.9 Å². The van der Waals surface area contributed by atoms with E-state index < -0.39 is 28.1 Å². The molecule has 11 nitrogen and oxygen atoms in total. The second-order valence-electron chi connectivity index (χ2n) is 11.9. The van der Waals surface area contributed by atoms with Crippen LogP contribution in [0.25, 0.3) is 11.0 Å². The van der Waals surface area contributed by atoms with Crippen LogP contribution in [-0.4, -0.2) is 71.3 Å². The molecule has 2 aromatic carbocycles. The van der Waals surface area contributed by atoms with Gasteiger partial charge in [-0.2, -0.15) is 4.31 Å². The van der Waals surface area contributed by atoms with E-state index in [0.29, 0.717) is 17.3 Å². The number of sulfonamides is 1. The van der Waals surface area contributed by atoms with Gasteiger partial charge in [-0.3, -0.25) is 4.79 Å². The Labute approximate surface area is 263 Å². The zero-order valence-corrected chi connectivity index (χ0v) is 26.8. The van der Waals surface area contributed by atoms with E-state index in [4.69, 9.17) is 10.5 Å². The molecule has 0 spiro atoms. The van der Waals surface area contributed by atoms with Crippen molar-refractivity contribution in [1.29, 1.82) is 0 Å². The Morgan fingerprint density at radius 2 is 1.93 bits per heavy atom. The summed E-state index contributed by atoms with van der Waals surface area (Å²) < 4.78 is 35.1. The van der Waals surface area contributed by atoms with Crippen molar-refractivity contribution in [3.63, 3.8) is 0 Å². The third kappa shape index (κ3) is 7.35. The van der Waals surface area contributed by atoms with Gasteiger partial charge in [-0.05, 0) is 55.5 Å². The molecule has 45 heavy (non-hydrogen) atoms. The number of nitrogens with two attached hydrogens (primary N) is 1. The zero-order valence-electron chi connectivity index (χ0n) is 25.9. The number of aliphatic hydroxyl groups excluding tert-OH is 1. The van der Waals surface area contributed by atoms with E-state index in [2.05, 4.69) is 20.3 Å². The number of aromatic nitrogens is 2. The molecule has 5 N–H and O–H groups in total. The standard InChI is InChI=1S/C33H40N6O5S/c1-20(2)16-39(45(42,43)25-11-10-24-14-30(34)37-26(24)15-25)17-29(40)27(13-23-8-6-5-7-9-23)38-31(41)18-44-33-21(3)12-28-32(22(33)4)36-19-35-28/h5-12,14,19-20,27,29,40H,13,15-18,34H2,1-4H3,(H,35,36)(H,38,41). The average molecular weight is 633 g/mol. The number of ether oxygens (including phenoxy) is 1. The first kappa shape index (κ1) is 32.1. The number of amides is 1. The van der Waals surface area contributed by atoms with Gasteiger partial charge in [0.15, 0.2) is 6.61 Å². The number of benzene rings is 2. The minimum Gasteiger partial charge on any atom is -0.483 e. The molecule has 0 saturated heterocycles. The highest BCUT2D eigenvalue weighted by Crippen LogP contribution is 2.30. The number of imidazole rings is 1. The summed E-state index contributed by atoms with van der Waals surface area (Å²) in [6.07, 6.45) is 5.78. The van der Waals surface area contributed by atoms with Crippen LogP contribution in [-0.2, 0) is 21.2 Å². The van der Waals surface area contributed by atoms with Gasteiger partial charge in [0.2, 0.25) is 10.0 Å². The minimum atomic E-state index is -3.98. The fraction of sp³-hybridized carbons (Fsp3) is 0.364. The number of carbonyl (C=O) groups excluding carboxylic acids is 1. The number of hydrogen-bond acceptors (Lipinski definition) is 8. The van der Waals surface area contributed by atoms with Crippen molar-refractivity contribution in [1.82, 2.24) is 19.6 Å². The predicted molar refractivity (Wildman–Crippen MR) is 175 cm³/mol. The first-order valence-electron chi connectivity index (χ1n) is 15.0. The van der Waals surface area contributed by atoms with Crippen LogP contribution in [0.1, 0.15) is 37.0 Å². The van der Waals surface area contributed by atoms with Gasteiger partial charge in [-0.15, -0.1) is 0 Å². The molecule has 1 amide bonds. The van der Waals surface area contributed by atoms with Crippen molar-refractivity contribution in [3.05, 3.63) is 93.9 Å². The van der Waals surface area contributed by atoms with E-state index in [9.17, 15) is 18.3 Å². The number of hydrogen-bond donors (Lipinski definition) is 4. The molecule has 12 heteroatoms. The molecule has 1 aromatic heterocycles. The number of aryl methyl sites for hydroxylation is 2. The maximum absolute atomic E-state index is 13.9. The Hall–Kier alpha value is -4.26. The molecule has 0 bridgehead atoms. The molecule has 2 heterocycles. The molecular formula is C33H40N6O5S. The van der Waals surface area contributed by atoms with Crippen LogP contribution in [0.15, 0.2) is 82.2 Å². The number of nitrogens with one attached hydrogen (secondary N) is 2. The number of aromatic amines is 1. The van der Waals surface area contributed by atoms with E-state index in [1.807, 2.05) is 64.1 Å². The Kier molecular flexibility index (Phi) is 9.56. The molecule has 238 valence electrons. The Bertz CT molecular complexity index is 1810. The topological polar surface area (TPSA) is 163 Å². The number of aliphatic hydroxyl groups is 1. The molecule has 1 aliphatic heterocycles.